The molecule has 63 heavy (non-hydrogen) atoms. The number of esters is 3. The van der Waals surface area contributed by atoms with Gasteiger partial charge in [0.25, 0.3) is 0 Å². The van der Waals surface area contributed by atoms with Gasteiger partial charge in [0.2, 0.25) is 0 Å². The SMILES string of the molecule is CCCCCCCCCCCCCCCCCCCCCC(=O)O[C@@H](COC(=O)CCCCCCCCCCC)COC(=O)CCCCCCCCCCCCCCCCCCC. The third-order valence-electron chi connectivity index (χ3n) is 13.1. The summed E-state index contributed by atoms with van der Waals surface area (Å²) in [4.78, 5) is 38.0. The van der Waals surface area contributed by atoms with Gasteiger partial charge in [-0.1, -0.05) is 290 Å². The van der Waals surface area contributed by atoms with E-state index in [1.165, 1.54) is 231 Å². The van der Waals surface area contributed by atoms with Gasteiger partial charge in [0.15, 0.2) is 6.10 Å². The topological polar surface area (TPSA) is 78.9 Å². The van der Waals surface area contributed by atoms with Crippen molar-refractivity contribution in [2.45, 2.75) is 335 Å². The molecule has 0 fully saturated rings. The Kier molecular flexibility index (Phi) is 51.7. The minimum Gasteiger partial charge on any atom is -0.462 e. The predicted octanol–water partition coefficient (Wildman–Crippen LogP) is 18.8. The zero-order valence-electron chi connectivity index (χ0n) is 42.9. The molecule has 0 saturated carbocycles. The number of unbranched alkanes of at least 4 members (excludes halogenated alkanes) is 42. The van der Waals surface area contributed by atoms with Gasteiger partial charge in [-0.3, -0.25) is 14.4 Å². The van der Waals surface area contributed by atoms with Crippen molar-refractivity contribution in [2.24, 2.45) is 0 Å². The quantitative estimate of drug-likeness (QED) is 0.0344. The fourth-order valence-electron chi connectivity index (χ4n) is 8.80. The molecule has 0 aliphatic heterocycles. The predicted molar refractivity (Wildman–Crippen MR) is 270 cm³/mol. The first kappa shape index (κ1) is 61.4. The van der Waals surface area contributed by atoms with Gasteiger partial charge >= 0.3 is 17.9 Å². The summed E-state index contributed by atoms with van der Waals surface area (Å²) in [7, 11) is 0. The zero-order valence-corrected chi connectivity index (χ0v) is 42.9. The average molecular weight is 892 g/mol. The summed E-state index contributed by atoms with van der Waals surface area (Å²) in [5.41, 5.74) is 0. The minimum absolute atomic E-state index is 0.0615. The molecule has 0 aliphatic carbocycles. The minimum atomic E-state index is -0.760. The van der Waals surface area contributed by atoms with Crippen molar-refractivity contribution in [3.8, 4) is 0 Å². The Hall–Kier alpha value is -1.59. The van der Waals surface area contributed by atoms with Crippen LogP contribution in [0.4, 0.5) is 0 Å². The Morgan fingerprint density at radius 1 is 0.254 bits per heavy atom. The molecule has 0 radical (unpaired) electrons. The molecule has 6 heteroatoms. The van der Waals surface area contributed by atoms with Crippen molar-refractivity contribution in [3.63, 3.8) is 0 Å². The van der Waals surface area contributed by atoms with E-state index in [0.29, 0.717) is 19.3 Å². The van der Waals surface area contributed by atoms with Crippen molar-refractivity contribution >= 4 is 17.9 Å². The van der Waals surface area contributed by atoms with Crippen LogP contribution in [0, 0.1) is 0 Å². The Morgan fingerprint density at radius 2 is 0.429 bits per heavy atom. The van der Waals surface area contributed by atoms with E-state index >= 15 is 0 Å². The molecule has 374 valence electrons. The van der Waals surface area contributed by atoms with Crippen molar-refractivity contribution in [2.75, 3.05) is 13.2 Å². The second-order valence-electron chi connectivity index (χ2n) is 19.6. The number of hydrogen-bond acceptors (Lipinski definition) is 6. The zero-order chi connectivity index (χ0) is 45.8. The Balaban J connectivity index is 4.20. The van der Waals surface area contributed by atoms with E-state index < -0.39 is 6.10 Å². The second-order valence-corrected chi connectivity index (χ2v) is 19.6. The molecule has 0 rings (SSSR count). The van der Waals surface area contributed by atoms with Crippen LogP contribution in [-0.4, -0.2) is 37.2 Å². The maximum Gasteiger partial charge on any atom is 0.306 e. The Morgan fingerprint density at radius 3 is 0.635 bits per heavy atom. The van der Waals surface area contributed by atoms with Gasteiger partial charge in [-0.2, -0.15) is 0 Å². The first-order chi connectivity index (χ1) is 31.0. The smallest absolute Gasteiger partial charge is 0.306 e. The summed E-state index contributed by atoms with van der Waals surface area (Å²) in [6.45, 7) is 6.69. The number of rotatable bonds is 53. The third-order valence-corrected chi connectivity index (χ3v) is 13.1. The van der Waals surface area contributed by atoms with Gasteiger partial charge in [-0.15, -0.1) is 0 Å². The van der Waals surface area contributed by atoms with E-state index in [1.807, 2.05) is 0 Å². The van der Waals surface area contributed by atoms with Crippen molar-refractivity contribution in [1.29, 1.82) is 0 Å². The molecule has 0 aromatic carbocycles. The second kappa shape index (κ2) is 53.0. The van der Waals surface area contributed by atoms with E-state index in [9.17, 15) is 14.4 Å². The molecule has 0 aliphatic rings. The highest BCUT2D eigenvalue weighted by Gasteiger charge is 2.19. The first-order valence-electron chi connectivity index (χ1n) is 28.5. The normalized spacial score (nSPS) is 11.9. The van der Waals surface area contributed by atoms with Crippen LogP contribution in [-0.2, 0) is 28.6 Å². The maximum absolute atomic E-state index is 12.8. The molecule has 0 aromatic rings. The molecule has 0 aromatic heterocycles. The van der Waals surface area contributed by atoms with Gasteiger partial charge in [-0.05, 0) is 19.3 Å². The molecule has 0 unspecified atom stereocenters. The summed E-state index contributed by atoms with van der Waals surface area (Å²) in [6.07, 6.45) is 58.1. The van der Waals surface area contributed by atoms with Crippen molar-refractivity contribution in [1.82, 2.24) is 0 Å². The first-order valence-corrected chi connectivity index (χ1v) is 28.5. The van der Waals surface area contributed by atoms with Gasteiger partial charge in [0.1, 0.15) is 13.2 Å². The summed E-state index contributed by atoms with van der Waals surface area (Å²) in [6, 6.07) is 0. The lowest BCUT2D eigenvalue weighted by Gasteiger charge is -2.18. The number of carbonyl (C=O) groups excluding carboxylic acids is 3. The molecule has 0 saturated heterocycles. The monoisotopic (exact) mass is 891 g/mol. The number of hydrogen-bond donors (Lipinski definition) is 0. The maximum atomic E-state index is 12.8. The molecular weight excluding hydrogens is 781 g/mol. The molecule has 0 spiro atoms. The van der Waals surface area contributed by atoms with Crippen molar-refractivity contribution < 1.29 is 28.6 Å². The molecular formula is C57H110O6. The molecule has 0 N–H and O–H groups in total. The summed E-state index contributed by atoms with van der Waals surface area (Å²) in [5, 5.41) is 0. The van der Waals surface area contributed by atoms with Gasteiger partial charge in [0.05, 0.1) is 0 Å². The van der Waals surface area contributed by atoms with Crippen LogP contribution >= 0.6 is 0 Å². The van der Waals surface area contributed by atoms with Gasteiger partial charge in [-0.25, -0.2) is 0 Å². The van der Waals surface area contributed by atoms with Crippen LogP contribution in [0.25, 0.3) is 0 Å². The largest absolute Gasteiger partial charge is 0.462 e. The molecule has 0 amide bonds. The molecule has 0 heterocycles. The van der Waals surface area contributed by atoms with Crippen molar-refractivity contribution in [3.05, 3.63) is 0 Å². The number of carbonyl (C=O) groups is 3. The van der Waals surface area contributed by atoms with Crippen LogP contribution in [0.3, 0.4) is 0 Å². The summed E-state index contributed by atoms with van der Waals surface area (Å²) < 4.78 is 16.8. The Labute approximate surface area is 393 Å². The average Bonchev–Trinajstić information content (AvgIpc) is 3.28. The molecule has 6 nitrogen and oxygen atoms in total. The van der Waals surface area contributed by atoms with E-state index in [-0.39, 0.29) is 31.1 Å². The standard InChI is InChI=1S/C57H110O6/c1-4-7-10-13-16-19-21-23-25-27-28-30-32-34-36-39-42-45-48-51-57(60)63-54(52-61-55(58)49-46-43-40-37-18-15-12-9-6-3)53-62-56(59)50-47-44-41-38-35-33-31-29-26-24-22-20-17-14-11-8-5-2/h54H,4-53H2,1-3H3/t54-/m0/s1. The van der Waals surface area contributed by atoms with Gasteiger partial charge < -0.3 is 14.2 Å². The summed E-state index contributed by atoms with van der Waals surface area (Å²) >= 11 is 0. The number of ether oxygens (including phenoxy) is 3. The highest BCUT2D eigenvalue weighted by molar-refractivity contribution is 5.71. The summed E-state index contributed by atoms with van der Waals surface area (Å²) in [5.74, 6) is -0.837. The molecule has 1 atom stereocenters. The van der Waals surface area contributed by atoms with Crippen LogP contribution < -0.4 is 0 Å². The highest BCUT2D eigenvalue weighted by Crippen LogP contribution is 2.18. The van der Waals surface area contributed by atoms with Crippen LogP contribution in [0.2, 0.25) is 0 Å². The van der Waals surface area contributed by atoms with Gasteiger partial charge in [0, 0.05) is 19.3 Å². The van der Waals surface area contributed by atoms with Crippen LogP contribution in [0.15, 0.2) is 0 Å². The fraction of sp³-hybridized carbons (Fsp3) is 0.947. The van der Waals surface area contributed by atoms with E-state index in [4.69, 9.17) is 14.2 Å². The van der Waals surface area contributed by atoms with E-state index in [0.717, 1.165) is 57.8 Å². The lowest BCUT2D eigenvalue weighted by Crippen LogP contribution is -2.30. The lowest BCUT2D eigenvalue weighted by molar-refractivity contribution is -0.167. The van der Waals surface area contributed by atoms with Crippen LogP contribution in [0.1, 0.15) is 329 Å². The van der Waals surface area contributed by atoms with Crippen LogP contribution in [0.5, 0.6) is 0 Å². The fourth-order valence-corrected chi connectivity index (χ4v) is 8.80. The van der Waals surface area contributed by atoms with E-state index in [2.05, 4.69) is 20.8 Å². The lowest BCUT2D eigenvalue weighted by atomic mass is 10.0. The third kappa shape index (κ3) is 51.3. The molecule has 0 bridgehead atoms. The van der Waals surface area contributed by atoms with E-state index in [1.54, 1.807) is 0 Å². The highest BCUT2D eigenvalue weighted by atomic mass is 16.6. The Bertz CT molecular complexity index is 936.